The predicted octanol–water partition coefficient (Wildman–Crippen LogP) is 2.80. The topological polar surface area (TPSA) is 90.3 Å². The van der Waals surface area contributed by atoms with E-state index >= 15 is 0 Å². The maximum absolute atomic E-state index is 12.4. The minimum absolute atomic E-state index is 0.244. The monoisotopic (exact) mass is 367 g/mol. The fourth-order valence-corrected chi connectivity index (χ4v) is 3.11. The third kappa shape index (κ3) is 4.43. The lowest BCUT2D eigenvalue weighted by Crippen LogP contribution is -2.44. The molecule has 2 heterocycles. The number of piperazine rings is 1. The molecule has 1 aromatic heterocycles. The van der Waals surface area contributed by atoms with E-state index in [4.69, 9.17) is 10.1 Å². The van der Waals surface area contributed by atoms with E-state index in [1.807, 2.05) is 30.3 Å². The van der Waals surface area contributed by atoms with E-state index in [1.165, 1.54) is 0 Å². The van der Waals surface area contributed by atoms with Gasteiger partial charge in [0.05, 0.1) is 17.9 Å². The minimum atomic E-state index is -0.459. The van der Waals surface area contributed by atoms with Crippen molar-refractivity contribution in [2.45, 2.75) is 13.8 Å². The molecule has 7 heteroatoms. The maximum atomic E-state index is 12.4. The molecule has 3 N–H and O–H groups in total. The summed E-state index contributed by atoms with van der Waals surface area (Å²) in [6.07, 6.45) is 0. The van der Waals surface area contributed by atoms with Gasteiger partial charge in [-0.05, 0) is 32.0 Å². The van der Waals surface area contributed by atoms with Crippen molar-refractivity contribution in [2.24, 2.45) is 0 Å². The van der Waals surface area contributed by atoms with E-state index < -0.39 is 5.97 Å². The molecule has 27 heavy (non-hydrogen) atoms. The number of pyridine rings is 1. The Labute approximate surface area is 159 Å². The van der Waals surface area contributed by atoms with Crippen LogP contribution in [0.2, 0.25) is 0 Å². The number of nitrogens with zero attached hydrogens (tertiary/aromatic N) is 2. The zero-order chi connectivity index (χ0) is 19.2. The molecule has 0 spiro atoms. The smallest absolute Gasteiger partial charge is 0.357 e. The Morgan fingerprint density at radius 3 is 2.63 bits per heavy atom. The van der Waals surface area contributed by atoms with Crippen molar-refractivity contribution in [1.82, 2.24) is 10.3 Å². The van der Waals surface area contributed by atoms with Crippen molar-refractivity contribution in [3.05, 3.63) is 47.7 Å². The average Bonchev–Trinajstić information content (AvgIpc) is 2.69. The summed E-state index contributed by atoms with van der Waals surface area (Å²) in [5.41, 5.74) is 3.02. The Morgan fingerprint density at radius 2 is 2.00 bits per heavy atom. The summed E-state index contributed by atoms with van der Waals surface area (Å²) in [5.74, 6) is 0.0342. The van der Waals surface area contributed by atoms with Crippen LogP contribution in [0, 0.1) is 5.41 Å². The van der Waals surface area contributed by atoms with Gasteiger partial charge in [-0.25, -0.2) is 9.78 Å². The minimum Gasteiger partial charge on any atom is -0.461 e. The Bertz CT molecular complexity index is 817. The van der Waals surface area contributed by atoms with Gasteiger partial charge in [-0.15, -0.1) is 0 Å². The Balaban J connectivity index is 2.11. The highest BCUT2D eigenvalue weighted by molar-refractivity contribution is 6.07. The molecule has 0 bridgehead atoms. The summed E-state index contributed by atoms with van der Waals surface area (Å²) in [6, 6.07) is 11.4. The van der Waals surface area contributed by atoms with E-state index in [9.17, 15) is 4.79 Å². The number of hydrogen-bond acceptors (Lipinski definition) is 7. The first-order valence-electron chi connectivity index (χ1n) is 9.15. The summed E-state index contributed by atoms with van der Waals surface area (Å²) in [5, 5.41) is 14.9. The lowest BCUT2D eigenvalue weighted by atomic mass is 10.1. The number of esters is 1. The van der Waals surface area contributed by atoms with Crippen LogP contribution in [0.4, 0.5) is 17.2 Å². The van der Waals surface area contributed by atoms with Crippen molar-refractivity contribution in [2.75, 3.05) is 43.0 Å². The molecule has 0 radical (unpaired) electrons. The molecule has 0 amide bonds. The van der Waals surface area contributed by atoms with Crippen LogP contribution in [-0.4, -0.2) is 49.5 Å². The van der Waals surface area contributed by atoms with Gasteiger partial charge in [-0.2, -0.15) is 0 Å². The molecule has 1 aliphatic heterocycles. The number of para-hydroxylation sites is 1. The zero-order valence-corrected chi connectivity index (χ0v) is 15.7. The summed E-state index contributed by atoms with van der Waals surface area (Å²) in [6.45, 7) is 7.12. The van der Waals surface area contributed by atoms with E-state index in [0.717, 1.165) is 37.6 Å². The number of rotatable bonds is 6. The molecule has 0 unspecified atom stereocenters. The van der Waals surface area contributed by atoms with Crippen LogP contribution < -0.4 is 15.5 Å². The average molecular weight is 367 g/mol. The molecule has 3 rings (SSSR count). The van der Waals surface area contributed by atoms with Crippen molar-refractivity contribution >= 4 is 28.9 Å². The van der Waals surface area contributed by atoms with Crippen molar-refractivity contribution in [3.63, 3.8) is 0 Å². The number of carbonyl (C=O) groups excluding carboxylic acids is 1. The molecule has 0 atom stereocenters. The molecule has 1 aliphatic rings. The molecule has 1 fully saturated rings. The first-order chi connectivity index (χ1) is 13.1. The number of hydrogen-bond donors (Lipinski definition) is 3. The number of carbonyl (C=O) groups is 1. The molecular weight excluding hydrogens is 342 g/mol. The number of ether oxygens (including phenoxy) is 1. The van der Waals surface area contributed by atoms with Gasteiger partial charge >= 0.3 is 5.97 Å². The maximum Gasteiger partial charge on any atom is 0.357 e. The molecule has 7 nitrogen and oxygen atoms in total. The van der Waals surface area contributed by atoms with E-state index in [1.54, 1.807) is 19.9 Å². The Hall–Kier alpha value is -2.93. The van der Waals surface area contributed by atoms with Crippen LogP contribution >= 0.6 is 0 Å². The molecule has 2 aromatic rings. The summed E-state index contributed by atoms with van der Waals surface area (Å²) in [4.78, 5) is 19.0. The standard InChI is InChI=1S/C20H25N5O2/c1-3-27-20(26)16-13-17(25-11-9-22-10-12-25)18(14(2)21)19(24-16)23-15-7-5-4-6-8-15/h4-8,13,21-22H,3,9-12H2,1-2H3,(H,23,24). The second-order valence-corrected chi connectivity index (χ2v) is 6.32. The first kappa shape index (κ1) is 18.8. The predicted molar refractivity (Wildman–Crippen MR) is 108 cm³/mol. The summed E-state index contributed by atoms with van der Waals surface area (Å²) < 4.78 is 5.16. The number of benzene rings is 1. The molecule has 0 aliphatic carbocycles. The van der Waals surface area contributed by atoms with Crippen LogP contribution in [-0.2, 0) is 4.74 Å². The van der Waals surface area contributed by atoms with Crippen molar-refractivity contribution < 1.29 is 9.53 Å². The van der Waals surface area contributed by atoms with Crippen LogP contribution in [0.1, 0.15) is 29.9 Å². The number of nitrogens with one attached hydrogen (secondary N) is 3. The lowest BCUT2D eigenvalue weighted by molar-refractivity contribution is 0.0519. The quantitative estimate of drug-likeness (QED) is 0.537. The van der Waals surface area contributed by atoms with Crippen LogP contribution in [0.5, 0.6) is 0 Å². The molecule has 1 aromatic carbocycles. The third-order valence-corrected chi connectivity index (χ3v) is 4.35. The lowest BCUT2D eigenvalue weighted by Gasteiger charge is -2.32. The highest BCUT2D eigenvalue weighted by Crippen LogP contribution is 2.30. The van der Waals surface area contributed by atoms with Crippen LogP contribution in [0.3, 0.4) is 0 Å². The van der Waals surface area contributed by atoms with Crippen LogP contribution in [0.15, 0.2) is 36.4 Å². The largest absolute Gasteiger partial charge is 0.461 e. The van der Waals surface area contributed by atoms with Crippen molar-refractivity contribution in [3.8, 4) is 0 Å². The van der Waals surface area contributed by atoms with Gasteiger partial charge in [0, 0.05) is 37.6 Å². The van der Waals surface area contributed by atoms with E-state index in [2.05, 4.69) is 20.5 Å². The van der Waals surface area contributed by atoms with E-state index in [-0.39, 0.29) is 12.3 Å². The van der Waals surface area contributed by atoms with Gasteiger partial charge in [0.15, 0.2) is 5.69 Å². The third-order valence-electron chi connectivity index (χ3n) is 4.35. The second kappa shape index (κ2) is 8.64. The summed E-state index contributed by atoms with van der Waals surface area (Å²) in [7, 11) is 0. The molecule has 0 saturated carbocycles. The van der Waals surface area contributed by atoms with Gasteiger partial charge < -0.3 is 25.7 Å². The van der Waals surface area contributed by atoms with E-state index in [0.29, 0.717) is 17.1 Å². The second-order valence-electron chi connectivity index (χ2n) is 6.32. The first-order valence-corrected chi connectivity index (χ1v) is 9.15. The fraction of sp³-hybridized carbons (Fsp3) is 0.350. The highest BCUT2D eigenvalue weighted by Gasteiger charge is 2.23. The molecule has 1 saturated heterocycles. The SMILES string of the molecule is CCOC(=O)c1cc(N2CCNCC2)c(C(C)=N)c(Nc2ccccc2)n1. The Kier molecular flexibility index (Phi) is 6.03. The molecular formula is C20H25N5O2. The number of aromatic nitrogens is 1. The Morgan fingerprint density at radius 1 is 1.30 bits per heavy atom. The highest BCUT2D eigenvalue weighted by atomic mass is 16.5. The van der Waals surface area contributed by atoms with Gasteiger partial charge in [-0.1, -0.05) is 18.2 Å². The molecule has 142 valence electrons. The zero-order valence-electron chi connectivity index (χ0n) is 15.7. The normalized spacial score (nSPS) is 13.9. The van der Waals surface area contributed by atoms with Gasteiger partial charge in [0.2, 0.25) is 0 Å². The fourth-order valence-electron chi connectivity index (χ4n) is 3.11. The summed E-state index contributed by atoms with van der Waals surface area (Å²) >= 11 is 0. The van der Waals surface area contributed by atoms with Crippen molar-refractivity contribution in [1.29, 1.82) is 5.41 Å². The van der Waals surface area contributed by atoms with Crippen LogP contribution in [0.25, 0.3) is 0 Å². The van der Waals surface area contributed by atoms with Gasteiger partial charge in [0.1, 0.15) is 5.82 Å². The number of anilines is 3. The van der Waals surface area contributed by atoms with Gasteiger partial charge in [-0.3, -0.25) is 0 Å². The van der Waals surface area contributed by atoms with Gasteiger partial charge in [0.25, 0.3) is 0 Å².